The first kappa shape index (κ1) is 6.83. The van der Waals surface area contributed by atoms with Crippen LogP contribution in [0, 0.1) is 0 Å². The first-order valence-electron chi connectivity index (χ1n) is 4.18. The molecule has 3 heteroatoms. The average Bonchev–Trinajstić information content (AvgIpc) is 2.31. The summed E-state index contributed by atoms with van der Waals surface area (Å²) in [6.45, 7) is 0. The summed E-state index contributed by atoms with van der Waals surface area (Å²) in [5.41, 5.74) is 3.21. The van der Waals surface area contributed by atoms with Gasteiger partial charge in [0.25, 0.3) is 0 Å². The average molecular weight is 174 g/mol. The highest BCUT2D eigenvalue weighted by molar-refractivity contribution is 6.15. The number of carbonyl (C=O) groups excluding carboxylic acids is 2. The fraction of sp³-hybridized carbons (Fsp3) is 0.200. The Hall–Kier alpha value is -1.64. The number of ether oxygens (including phenoxy) is 1. The molecule has 0 fully saturated rings. The summed E-state index contributed by atoms with van der Waals surface area (Å²) in [7, 11) is 0. The maximum Gasteiger partial charge on any atom is 0.346 e. The highest BCUT2D eigenvalue weighted by atomic mass is 16.6. The van der Waals surface area contributed by atoms with Crippen LogP contribution in [-0.4, -0.2) is 11.9 Å². The molecule has 2 aliphatic rings. The molecule has 1 aliphatic heterocycles. The van der Waals surface area contributed by atoms with Crippen molar-refractivity contribution >= 4 is 11.9 Å². The van der Waals surface area contributed by atoms with Crippen molar-refractivity contribution in [2.24, 2.45) is 0 Å². The van der Waals surface area contributed by atoms with E-state index in [0.717, 1.165) is 12.8 Å². The summed E-state index contributed by atoms with van der Waals surface area (Å²) in [5.74, 6) is -1.01. The maximum absolute atomic E-state index is 11.1. The highest BCUT2D eigenvalue weighted by Crippen LogP contribution is 2.30. The lowest BCUT2D eigenvalue weighted by Crippen LogP contribution is -2.10. The molecule has 1 aromatic carbocycles. The Kier molecular flexibility index (Phi) is 1.05. The number of cyclic esters (lactones) is 2. The Bertz CT molecular complexity index is 405. The van der Waals surface area contributed by atoms with Gasteiger partial charge in [-0.3, -0.25) is 0 Å². The molecule has 3 nitrogen and oxygen atoms in total. The van der Waals surface area contributed by atoms with Crippen molar-refractivity contribution in [2.45, 2.75) is 12.8 Å². The van der Waals surface area contributed by atoms with Gasteiger partial charge in [0.2, 0.25) is 0 Å². The monoisotopic (exact) mass is 174 g/mol. The van der Waals surface area contributed by atoms with Crippen LogP contribution in [0.15, 0.2) is 12.1 Å². The van der Waals surface area contributed by atoms with Gasteiger partial charge < -0.3 is 4.74 Å². The van der Waals surface area contributed by atoms with E-state index in [1.807, 2.05) is 0 Å². The molecule has 0 unspecified atom stereocenters. The summed E-state index contributed by atoms with van der Waals surface area (Å²) >= 11 is 0. The Balaban J connectivity index is 2.30. The van der Waals surface area contributed by atoms with Gasteiger partial charge >= 0.3 is 11.9 Å². The van der Waals surface area contributed by atoms with Crippen molar-refractivity contribution in [1.29, 1.82) is 0 Å². The number of hydrogen-bond donors (Lipinski definition) is 0. The Morgan fingerprint density at radius 3 is 1.77 bits per heavy atom. The van der Waals surface area contributed by atoms with E-state index < -0.39 is 11.9 Å². The summed E-state index contributed by atoms with van der Waals surface area (Å²) in [6, 6.07) is 3.56. The van der Waals surface area contributed by atoms with E-state index in [9.17, 15) is 9.59 Å². The Morgan fingerprint density at radius 2 is 1.38 bits per heavy atom. The Labute approximate surface area is 74.3 Å². The van der Waals surface area contributed by atoms with Crippen molar-refractivity contribution < 1.29 is 14.3 Å². The molecule has 13 heavy (non-hydrogen) atoms. The predicted octanol–water partition coefficient (Wildman–Crippen LogP) is 1.10. The van der Waals surface area contributed by atoms with Gasteiger partial charge in [-0.25, -0.2) is 9.59 Å². The first-order chi connectivity index (χ1) is 6.25. The second-order valence-corrected chi connectivity index (χ2v) is 3.34. The zero-order valence-corrected chi connectivity index (χ0v) is 6.79. The third kappa shape index (κ3) is 0.736. The molecule has 0 spiro atoms. The van der Waals surface area contributed by atoms with E-state index in [1.165, 1.54) is 11.1 Å². The minimum Gasteiger partial charge on any atom is -0.386 e. The molecule has 0 aromatic heterocycles. The van der Waals surface area contributed by atoms with E-state index in [-0.39, 0.29) is 0 Å². The van der Waals surface area contributed by atoms with Crippen LogP contribution in [0.2, 0.25) is 0 Å². The van der Waals surface area contributed by atoms with Gasteiger partial charge in [0.15, 0.2) is 0 Å². The van der Waals surface area contributed by atoms with Crippen molar-refractivity contribution in [3.63, 3.8) is 0 Å². The molecule has 0 bridgehead atoms. The van der Waals surface area contributed by atoms with Crippen LogP contribution >= 0.6 is 0 Å². The summed E-state index contributed by atoms with van der Waals surface area (Å²) in [5, 5.41) is 0. The van der Waals surface area contributed by atoms with Crippen LogP contribution in [0.1, 0.15) is 31.8 Å². The highest BCUT2D eigenvalue weighted by Gasteiger charge is 2.32. The van der Waals surface area contributed by atoms with Crippen LogP contribution < -0.4 is 0 Å². The third-order valence-electron chi connectivity index (χ3n) is 2.63. The van der Waals surface area contributed by atoms with Gasteiger partial charge in [0.05, 0.1) is 11.1 Å². The molecule has 0 radical (unpaired) electrons. The molecule has 3 rings (SSSR count). The minimum absolute atomic E-state index is 0.434. The van der Waals surface area contributed by atoms with E-state index in [0.29, 0.717) is 11.1 Å². The number of benzene rings is 1. The zero-order chi connectivity index (χ0) is 9.00. The predicted molar refractivity (Wildman–Crippen MR) is 43.6 cm³/mol. The van der Waals surface area contributed by atoms with Crippen molar-refractivity contribution in [3.8, 4) is 0 Å². The number of esters is 2. The molecule has 0 amide bonds. The van der Waals surface area contributed by atoms with Gasteiger partial charge in [0.1, 0.15) is 0 Å². The van der Waals surface area contributed by atoms with Crippen molar-refractivity contribution in [3.05, 3.63) is 34.4 Å². The third-order valence-corrected chi connectivity index (χ3v) is 2.63. The molecule has 0 N–H and O–H groups in total. The molecular formula is C10H6O3. The van der Waals surface area contributed by atoms with E-state index in [2.05, 4.69) is 4.74 Å². The number of rotatable bonds is 0. The van der Waals surface area contributed by atoms with Gasteiger partial charge in [-0.15, -0.1) is 0 Å². The van der Waals surface area contributed by atoms with E-state index >= 15 is 0 Å². The normalized spacial score (nSPS) is 17.5. The second-order valence-electron chi connectivity index (χ2n) is 3.34. The maximum atomic E-state index is 11.1. The number of carbonyl (C=O) groups is 2. The fourth-order valence-corrected chi connectivity index (χ4v) is 1.78. The second kappa shape index (κ2) is 1.99. The lowest BCUT2D eigenvalue weighted by atomic mass is 9.85. The summed E-state index contributed by atoms with van der Waals surface area (Å²) < 4.78 is 4.49. The minimum atomic E-state index is -0.505. The van der Waals surface area contributed by atoms with Gasteiger partial charge in [0, 0.05) is 0 Å². The van der Waals surface area contributed by atoms with Crippen LogP contribution in [0.5, 0.6) is 0 Å². The SMILES string of the molecule is O=C1OC(=O)c2cc3c(cc21)CC3. The topological polar surface area (TPSA) is 43.4 Å². The van der Waals surface area contributed by atoms with Crippen LogP contribution in [0.25, 0.3) is 0 Å². The molecule has 1 heterocycles. The molecular weight excluding hydrogens is 168 g/mol. The standard InChI is InChI=1S/C10H6O3/c11-9-7-3-5-1-2-6(5)4-8(7)10(12)13-9/h3-4H,1-2H2. The molecule has 64 valence electrons. The van der Waals surface area contributed by atoms with Gasteiger partial charge in [-0.05, 0) is 36.1 Å². The lowest BCUT2D eigenvalue weighted by Gasteiger charge is -2.18. The lowest BCUT2D eigenvalue weighted by molar-refractivity contribution is 0.0444. The van der Waals surface area contributed by atoms with Gasteiger partial charge in [-0.2, -0.15) is 0 Å². The summed E-state index contributed by atoms with van der Waals surface area (Å²) in [4.78, 5) is 22.2. The van der Waals surface area contributed by atoms with E-state index in [4.69, 9.17) is 0 Å². The largest absolute Gasteiger partial charge is 0.386 e. The van der Waals surface area contributed by atoms with Crippen molar-refractivity contribution in [1.82, 2.24) is 0 Å². The van der Waals surface area contributed by atoms with Crippen LogP contribution in [0.3, 0.4) is 0 Å². The fourth-order valence-electron chi connectivity index (χ4n) is 1.78. The summed E-state index contributed by atoms with van der Waals surface area (Å²) in [6.07, 6.45) is 2.01. The van der Waals surface area contributed by atoms with Crippen LogP contribution in [0.4, 0.5) is 0 Å². The van der Waals surface area contributed by atoms with Gasteiger partial charge in [-0.1, -0.05) is 0 Å². The Morgan fingerprint density at radius 1 is 0.923 bits per heavy atom. The molecule has 1 aliphatic carbocycles. The number of hydrogen-bond acceptors (Lipinski definition) is 3. The smallest absolute Gasteiger partial charge is 0.346 e. The number of fused-ring (bicyclic) bond motifs is 2. The van der Waals surface area contributed by atoms with Crippen LogP contribution in [-0.2, 0) is 17.6 Å². The quantitative estimate of drug-likeness (QED) is 0.437. The molecule has 0 atom stereocenters. The van der Waals surface area contributed by atoms with Crippen molar-refractivity contribution in [2.75, 3.05) is 0 Å². The number of aryl methyl sites for hydroxylation is 2. The van der Waals surface area contributed by atoms with E-state index in [1.54, 1.807) is 12.1 Å². The zero-order valence-electron chi connectivity index (χ0n) is 6.79. The molecule has 0 saturated carbocycles. The molecule has 0 saturated heterocycles. The first-order valence-corrected chi connectivity index (χ1v) is 4.18. The molecule has 1 aromatic rings.